The molecule has 14 heteroatoms. The number of anilines is 3. The van der Waals surface area contributed by atoms with E-state index in [-0.39, 0.29) is 16.1 Å². The maximum atomic E-state index is 13.2. The van der Waals surface area contributed by atoms with Crippen molar-refractivity contribution in [3.63, 3.8) is 0 Å². The van der Waals surface area contributed by atoms with Crippen molar-refractivity contribution in [1.29, 1.82) is 0 Å². The summed E-state index contributed by atoms with van der Waals surface area (Å²) in [4.78, 5) is 29.4. The van der Waals surface area contributed by atoms with E-state index in [0.29, 0.717) is 43.0 Å². The van der Waals surface area contributed by atoms with Crippen molar-refractivity contribution in [2.45, 2.75) is 104 Å². The maximum absolute atomic E-state index is 13.2. The predicted octanol–water partition coefficient (Wildman–Crippen LogP) is 6.80. The van der Waals surface area contributed by atoms with Crippen LogP contribution in [0, 0.1) is 0 Å². The number of fused-ring (bicyclic) bond motifs is 1. The van der Waals surface area contributed by atoms with Crippen molar-refractivity contribution in [2.75, 3.05) is 36.5 Å². The normalized spacial score (nSPS) is 14.5. The van der Waals surface area contributed by atoms with E-state index in [1.165, 1.54) is 6.42 Å². The van der Waals surface area contributed by atoms with Crippen molar-refractivity contribution in [3.8, 4) is 11.4 Å². The molecule has 0 saturated carbocycles. The Morgan fingerprint density at radius 2 is 1.73 bits per heavy atom. The fourth-order valence-corrected chi connectivity index (χ4v) is 7.05. The van der Waals surface area contributed by atoms with Crippen LogP contribution in [0.25, 0.3) is 22.3 Å². The van der Waals surface area contributed by atoms with E-state index < -0.39 is 16.4 Å². The Bertz CT molecular complexity index is 1790. The molecule has 1 aliphatic rings. The summed E-state index contributed by atoms with van der Waals surface area (Å²) in [6.45, 7) is 26.5. The van der Waals surface area contributed by atoms with Gasteiger partial charge in [-0.15, -0.1) is 0 Å². The van der Waals surface area contributed by atoms with E-state index in [4.69, 9.17) is 24.2 Å². The van der Waals surface area contributed by atoms with Gasteiger partial charge in [-0.05, 0) is 56.9 Å². The number of hydrogen-bond donors (Lipinski definition) is 1. The lowest BCUT2D eigenvalue weighted by atomic mass is 10.0. The van der Waals surface area contributed by atoms with Crippen LogP contribution in [0.1, 0.15) is 47.5 Å². The van der Waals surface area contributed by atoms with Gasteiger partial charge in [0.25, 0.3) is 5.56 Å². The molecule has 48 heavy (non-hydrogen) atoms. The van der Waals surface area contributed by atoms with Gasteiger partial charge in [0.05, 0.1) is 16.4 Å². The van der Waals surface area contributed by atoms with Crippen LogP contribution in [0.3, 0.4) is 0 Å². The van der Waals surface area contributed by atoms with E-state index in [2.05, 4.69) is 87.2 Å². The van der Waals surface area contributed by atoms with Gasteiger partial charge >= 0.3 is 0 Å². The summed E-state index contributed by atoms with van der Waals surface area (Å²) < 4.78 is 17.9. The molecule has 5 heterocycles. The number of rotatable bonds is 14. The summed E-state index contributed by atoms with van der Waals surface area (Å²) in [6.07, 6.45) is 7.31. The van der Waals surface area contributed by atoms with E-state index in [1.54, 1.807) is 34.9 Å². The Kier molecular flexibility index (Phi) is 10.1. The first-order valence-electron chi connectivity index (χ1n) is 17.1. The van der Waals surface area contributed by atoms with Crippen LogP contribution in [-0.2, 0) is 28.5 Å². The topological polar surface area (TPSA) is 117 Å². The lowest BCUT2D eigenvalue weighted by Gasteiger charge is -2.37. The minimum Gasteiger partial charge on any atom is -0.417 e. The zero-order valence-electron chi connectivity index (χ0n) is 30.8. The molecule has 12 nitrogen and oxygen atoms in total. The Morgan fingerprint density at radius 1 is 1.00 bits per heavy atom. The summed E-state index contributed by atoms with van der Waals surface area (Å²) in [5.41, 5.74) is 0.941. The van der Waals surface area contributed by atoms with Gasteiger partial charge in [0, 0.05) is 66.1 Å². The minimum absolute atomic E-state index is 0.158. The van der Waals surface area contributed by atoms with Crippen LogP contribution in [-0.4, -0.2) is 76.8 Å². The van der Waals surface area contributed by atoms with Gasteiger partial charge < -0.3 is 19.4 Å². The van der Waals surface area contributed by atoms with Crippen LogP contribution >= 0.6 is 0 Å². The quantitative estimate of drug-likeness (QED) is 0.112. The van der Waals surface area contributed by atoms with Crippen molar-refractivity contribution < 1.29 is 9.16 Å². The zero-order valence-corrected chi connectivity index (χ0v) is 32.8. The van der Waals surface area contributed by atoms with Gasteiger partial charge in [-0.3, -0.25) is 18.8 Å². The molecule has 0 amide bonds. The highest BCUT2D eigenvalue weighted by atomic mass is 28.4. The third kappa shape index (κ3) is 7.93. The molecule has 0 radical (unpaired) electrons. The third-order valence-electron chi connectivity index (χ3n) is 9.82. The fraction of sp³-hybridized carbons (Fsp3) is 0.618. The predicted molar refractivity (Wildman–Crippen MR) is 200 cm³/mol. The molecule has 1 N–H and O–H groups in total. The van der Waals surface area contributed by atoms with E-state index in [1.807, 2.05) is 12.3 Å². The molecule has 262 valence electrons. The van der Waals surface area contributed by atoms with Crippen molar-refractivity contribution in [1.82, 2.24) is 34.1 Å². The van der Waals surface area contributed by atoms with Gasteiger partial charge in [0.2, 0.25) is 0 Å². The van der Waals surface area contributed by atoms with E-state index in [0.717, 1.165) is 42.3 Å². The summed E-state index contributed by atoms with van der Waals surface area (Å²) in [7, 11) is -1.34. The number of hydrogen-bond acceptors (Lipinski definition) is 9. The second-order valence-corrected chi connectivity index (χ2v) is 26.8. The molecule has 1 fully saturated rings. The van der Waals surface area contributed by atoms with Crippen molar-refractivity contribution in [3.05, 3.63) is 41.1 Å². The highest BCUT2D eigenvalue weighted by molar-refractivity contribution is 6.76. The van der Waals surface area contributed by atoms with Gasteiger partial charge in [0.15, 0.2) is 20.0 Å². The first-order valence-corrected chi connectivity index (χ1v) is 23.7. The molecule has 0 bridgehead atoms. The standard InChI is InChI=1S/C34H55N9O3Si2/c1-33(2,3)48(10,11)46-18-14-34(4,5)43-27-21-29(36-22-25(27)31(39-43)41-16-12-17-41)37-28-13-15-35-30(38-28)26-23-42(40(6)32(26)44)24-45-19-20-47(7,8)9/h13,15,21-23H,12,14,16-20,24H2,1-11H3,(H,35,36,37,38). The van der Waals surface area contributed by atoms with Crippen molar-refractivity contribution >= 4 is 44.7 Å². The molecule has 1 aliphatic heterocycles. The summed E-state index contributed by atoms with van der Waals surface area (Å²) in [5, 5.41) is 9.71. The van der Waals surface area contributed by atoms with Gasteiger partial charge in [0.1, 0.15) is 23.9 Å². The van der Waals surface area contributed by atoms with Crippen LogP contribution in [0.5, 0.6) is 0 Å². The number of nitrogens with one attached hydrogen (secondary N) is 1. The molecule has 0 unspecified atom stereocenters. The second-order valence-electron chi connectivity index (χ2n) is 16.4. The Morgan fingerprint density at radius 3 is 2.38 bits per heavy atom. The molecule has 0 aliphatic carbocycles. The second kappa shape index (κ2) is 13.5. The first kappa shape index (κ1) is 36.0. The van der Waals surface area contributed by atoms with Crippen LogP contribution in [0.15, 0.2) is 35.5 Å². The van der Waals surface area contributed by atoms with Crippen LogP contribution in [0.4, 0.5) is 17.5 Å². The molecule has 0 spiro atoms. The fourth-order valence-electron chi connectivity index (χ4n) is 5.25. The third-order valence-corrected chi connectivity index (χ3v) is 16.1. The molecule has 4 aromatic rings. The average molecular weight is 694 g/mol. The SMILES string of the molecule is Cn1c(=O)c(-c2nccc(Nc3cc4c(cn3)c(N3CCC3)nn4C(C)(C)CCO[Si](C)(C)C(C)(C)C)n2)cn1COCC[Si](C)(C)C. The lowest BCUT2D eigenvalue weighted by molar-refractivity contribution is 0.0703. The molecule has 4 aromatic heterocycles. The number of ether oxygens (including phenoxy) is 1. The van der Waals surface area contributed by atoms with Gasteiger partial charge in [-0.25, -0.2) is 15.0 Å². The highest BCUT2D eigenvalue weighted by Gasteiger charge is 2.38. The van der Waals surface area contributed by atoms with E-state index >= 15 is 0 Å². The molecule has 0 aromatic carbocycles. The highest BCUT2D eigenvalue weighted by Crippen LogP contribution is 2.38. The molecular weight excluding hydrogens is 639 g/mol. The van der Waals surface area contributed by atoms with E-state index in [9.17, 15) is 4.79 Å². The summed E-state index contributed by atoms with van der Waals surface area (Å²) in [5.74, 6) is 2.50. The monoisotopic (exact) mass is 693 g/mol. The maximum Gasteiger partial charge on any atom is 0.277 e. The van der Waals surface area contributed by atoms with Gasteiger partial charge in [-0.1, -0.05) is 40.4 Å². The molecule has 5 rings (SSSR count). The molecule has 0 atom stereocenters. The Balaban J connectivity index is 1.38. The number of pyridine rings is 1. The average Bonchev–Trinajstić information content (AvgIpc) is 3.46. The molecule has 1 saturated heterocycles. The van der Waals surface area contributed by atoms with Crippen LogP contribution in [0.2, 0.25) is 43.8 Å². The lowest BCUT2D eigenvalue weighted by Crippen LogP contribution is -2.42. The van der Waals surface area contributed by atoms with Gasteiger partial charge in [-0.2, -0.15) is 5.10 Å². The number of aromatic nitrogens is 7. The van der Waals surface area contributed by atoms with Crippen molar-refractivity contribution in [2.24, 2.45) is 7.05 Å². The number of nitrogens with zero attached hydrogens (tertiary/aromatic N) is 8. The smallest absolute Gasteiger partial charge is 0.277 e. The molecular formula is C34H55N9O3Si2. The zero-order chi connectivity index (χ0) is 35.1. The first-order chi connectivity index (χ1) is 22.4. The summed E-state index contributed by atoms with van der Waals surface area (Å²) in [6, 6.07) is 4.88. The Labute approximate surface area is 287 Å². The van der Waals surface area contributed by atoms with Crippen LogP contribution < -0.4 is 15.8 Å². The minimum atomic E-state index is -1.87. The summed E-state index contributed by atoms with van der Waals surface area (Å²) >= 11 is 0. The Hall–Kier alpha value is -3.34. The largest absolute Gasteiger partial charge is 0.417 e.